The van der Waals surface area contributed by atoms with Gasteiger partial charge in [0.15, 0.2) is 9.84 Å². The molecule has 0 bridgehead atoms. The highest BCUT2D eigenvalue weighted by molar-refractivity contribution is 7.91. The number of carbonyl (C=O) groups excluding carboxylic acids is 1. The largest absolute Gasteiger partial charge is 0.507 e. The van der Waals surface area contributed by atoms with Gasteiger partial charge in [-0.05, 0) is 74.3 Å². The molecule has 0 aliphatic heterocycles. The molecular weight excluding hydrogens is 446 g/mol. The average Bonchev–Trinajstić information content (AvgIpc) is 3.43. The number of anilines is 1. The second-order valence-electron chi connectivity index (χ2n) is 8.80. The fraction of sp³-hybridized carbons (Fsp3) is 0.417. The number of hydrogen-bond donors (Lipinski definition) is 3. The molecule has 0 unspecified atom stereocenters. The van der Waals surface area contributed by atoms with Gasteiger partial charge in [0.25, 0.3) is 0 Å². The van der Waals surface area contributed by atoms with Crippen LogP contribution in [0.25, 0.3) is 0 Å². The van der Waals surface area contributed by atoms with Crippen LogP contribution in [0.15, 0.2) is 29.2 Å². The standard InChI is InChI=1S/C24H27NO7S/c1-14-11-19(25-23(27)24(28)29)17-7-4-8-18(17)22(14)32-16-9-10-20(26)21(12-16)33(30,31)13-15-5-2-3-6-15/h9-12,15,26H,2-8,13H2,1H3,(H,25,27)(H,28,29). The molecule has 0 aromatic heterocycles. The third kappa shape index (κ3) is 4.83. The fourth-order valence-electron chi connectivity index (χ4n) is 4.83. The molecule has 0 radical (unpaired) electrons. The molecule has 2 aromatic carbocycles. The van der Waals surface area contributed by atoms with Crippen molar-refractivity contribution in [3.63, 3.8) is 0 Å². The summed E-state index contributed by atoms with van der Waals surface area (Å²) in [6.45, 7) is 1.78. The normalized spacial score (nSPS) is 15.9. The second kappa shape index (κ2) is 9.05. The monoisotopic (exact) mass is 473 g/mol. The number of phenolic OH excluding ortho intramolecular Hbond substituents is 1. The van der Waals surface area contributed by atoms with Crippen molar-refractivity contribution in [2.24, 2.45) is 5.92 Å². The number of hydrogen-bond acceptors (Lipinski definition) is 6. The first-order chi connectivity index (χ1) is 15.7. The van der Waals surface area contributed by atoms with E-state index in [1.165, 1.54) is 18.2 Å². The zero-order valence-corrected chi connectivity index (χ0v) is 19.2. The van der Waals surface area contributed by atoms with Gasteiger partial charge < -0.3 is 20.3 Å². The van der Waals surface area contributed by atoms with Crippen molar-refractivity contribution in [1.82, 2.24) is 0 Å². The molecule has 0 saturated heterocycles. The van der Waals surface area contributed by atoms with Crippen molar-refractivity contribution in [3.05, 3.63) is 41.0 Å². The molecule has 176 valence electrons. The number of nitrogens with one attached hydrogen (secondary N) is 1. The minimum atomic E-state index is -3.67. The maximum atomic E-state index is 13.0. The Hall–Kier alpha value is -3.07. The van der Waals surface area contributed by atoms with Gasteiger partial charge in [0.1, 0.15) is 22.1 Å². The van der Waals surface area contributed by atoms with Crippen molar-refractivity contribution in [2.75, 3.05) is 11.1 Å². The Labute approximate surface area is 192 Å². The number of aryl methyl sites for hydroxylation is 1. The number of phenols is 1. The first-order valence-electron chi connectivity index (χ1n) is 11.1. The van der Waals surface area contributed by atoms with Crippen LogP contribution < -0.4 is 10.1 Å². The van der Waals surface area contributed by atoms with E-state index in [-0.39, 0.29) is 28.1 Å². The molecule has 33 heavy (non-hydrogen) atoms. The lowest BCUT2D eigenvalue weighted by Gasteiger charge is -2.18. The number of carboxylic acid groups (broad SMARTS) is 1. The molecular formula is C24H27NO7S. The number of aromatic hydroxyl groups is 1. The van der Waals surface area contributed by atoms with E-state index in [2.05, 4.69) is 5.32 Å². The highest BCUT2D eigenvalue weighted by Gasteiger charge is 2.28. The van der Waals surface area contributed by atoms with Crippen LogP contribution in [0.5, 0.6) is 17.2 Å². The first-order valence-corrected chi connectivity index (χ1v) is 12.7. The molecule has 0 atom stereocenters. The van der Waals surface area contributed by atoms with E-state index in [0.29, 0.717) is 29.8 Å². The molecule has 3 N–H and O–H groups in total. The summed E-state index contributed by atoms with van der Waals surface area (Å²) in [5.74, 6) is -2.00. The molecule has 2 aromatic rings. The molecule has 0 spiro atoms. The third-order valence-corrected chi connectivity index (χ3v) is 8.30. The molecule has 1 fully saturated rings. The molecule has 0 heterocycles. The number of rotatable bonds is 6. The first kappa shape index (κ1) is 23.1. The van der Waals surface area contributed by atoms with Crippen LogP contribution in [-0.2, 0) is 32.3 Å². The van der Waals surface area contributed by atoms with E-state index in [4.69, 9.17) is 9.84 Å². The maximum Gasteiger partial charge on any atom is 0.394 e. The van der Waals surface area contributed by atoms with E-state index >= 15 is 0 Å². The Morgan fingerprint density at radius 2 is 1.79 bits per heavy atom. The van der Waals surface area contributed by atoms with Crippen molar-refractivity contribution in [2.45, 2.75) is 56.8 Å². The highest BCUT2D eigenvalue weighted by Crippen LogP contribution is 2.42. The molecule has 8 nitrogen and oxygen atoms in total. The molecule has 4 rings (SSSR count). The van der Waals surface area contributed by atoms with E-state index < -0.39 is 21.7 Å². The summed E-state index contributed by atoms with van der Waals surface area (Å²) in [5.41, 5.74) is 2.81. The molecule has 1 saturated carbocycles. The average molecular weight is 474 g/mol. The lowest BCUT2D eigenvalue weighted by Crippen LogP contribution is -2.22. The van der Waals surface area contributed by atoms with Gasteiger partial charge in [0.2, 0.25) is 0 Å². The Morgan fingerprint density at radius 1 is 1.09 bits per heavy atom. The summed E-state index contributed by atoms with van der Waals surface area (Å²) >= 11 is 0. The molecule has 2 aliphatic carbocycles. The summed E-state index contributed by atoms with van der Waals surface area (Å²) in [4.78, 5) is 22.5. The molecule has 2 aliphatic rings. The molecule has 9 heteroatoms. The number of carboxylic acids is 1. The minimum Gasteiger partial charge on any atom is -0.507 e. The van der Waals surface area contributed by atoms with Crippen molar-refractivity contribution >= 4 is 27.4 Å². The summed E-state index contributed by atoms with van der Waals surface area (Å²) in [5, 5.41) is 21.6. The predicted molar refractivity (Wildman–Crippen MR) is 122 cm³/mol. The number of sulfone groups is 1. The summed E-state index contributed by atoms with van der Waals surface area (Å²) in [7, 11) is -3.67. The smallest absolute Gasteiger partial charge is 0.394 e. The Balaban J connectivity index is 1.64. The third-order valence-electron chi connectivity index (χ3n) is 6.39. The van der Waals surface area contributed by atoms with Gasteiger partial charge in [-0.3, -0.25) is 4.79 Å². The van der Waals surface area contributed by atoms with Crippen LogP contribution in [-0.4, -0.2) is 36.3 Å². The number of amides is 1. The number of carbonyl (C=O) groups is 2. The lowest BCUT2D eigenvalue weighted by atomic mass is 10.0. The topological polar surface area (TPSA) is 130 Å². The van der Waals surface area contributed by atoms with Gasteiger partial charge in [-0.1, -0.05) is 12.8 Å². The van der Waals surface area contributed by atoms with E-state index in [9.17, 15) is 23.1 Å². The quantitative estimate of drug-likeness (QED) is 0.541. The SMILES string of the molecule is Cc1cc(NC(=O)C(=O)O)c2c(c1Oc1ccc(O)c(S(=O)(=O)CC3CCCC3)c1)CCC2. The summed E-state index contributed by atoms with van der Waals surface area (Å²) < 4.78 is 32.0. The highest BCUT2D eigenvalue weighted by atomic mass is 32.2. The van der Waals surface area contributed by atoms with Crippen molar-refractivity contribution < 1.29 is 33.0 Å². The number of benzene rings is 2. The summed E-state index contributed by atoms with van der Waals surface area (Å²) in [6.07, 6.45) is 6.00. The Morgan fingerprint density at radius 3 is 2.48 bits per heavy atom. The number of fused-ring (bicyclic) bond motifs is 1. The number of aliphatic carboxylic acids is 1. The van der Waals surface area contributed by atoms with Gasteiger partial charge >= 0.3 is 11.9 Å². The molecule has 1 amide bonds. The zero-order chi connectivity index (χ0) is 23.8. The van der Waals surface area contributed by atoms with Gasteiger partial charge in [-0.25, -0.2) is 13.2 Å². The summed E-state index contributed by atoms with van der Waals surface area (Å²) in [6, 6.07) is 5.87. The van der Waals surface area contributed by atoms with E-state index in [1.54, 1.807) is 13.0 Å². The van der Waals surface area contributed by atoms with Crippen LogP contribution >= 0.6 is 0 Å². The van der Waals surface area contributed by atoms with Crippen LogP contribution in [0.1, 0.15) is 48.8 Å². The van der Waals surface area contributed by atoms with Gasteiger partial charge in [0, 0.05) is 17.3 Å². The zero-order valence-electron chi connectivity index (χ0n) is 18.4. The van der Waals surface area contributed by atoms with Gasteiger partial charge in [-0.2, -0.15) is 0 Å². The van der Waals surface area contributed by atoms with E-state index in [0.717, 1.165) is 43.2 Å². The van der Waals surface area contributed by atoms with Crippen molar-refractivity contribution in [3.8, 4) is 17.2 Å². The Kier molecular flexibility index (Phi) is 6.34. The van der Waals surface area contributed by atoms with Crippen LogP contribution in [0.2, 0.25) is 0 Å². The van der Waals surface area contributed by atoms with Crippen molar-refractivity contribution in [1.29, 1.82) is 0 Å². The van der Waals surface area contributed by atoms with Crippen LogP contribution in [0, 0.1) is 12.8 Å². The second-order valence-corrected chi connectivity index (χ2v) is 10.8. The van der Waals surface area contributed by atoms with Crippen LogP contribution in [0.4, 0.5) is 5.69 Å². The lowest BCUT2D eigenvalue weighted by molar-refractivity contribution is -0.147. The van der Waals surface area contributed by atoms with Gasteiger partial charge in [-0.15, -0.1) is 0 Å². The van der Waals surface area contributed by atoms with Crippen LogP contribution in [0.3, 0.4) is 0 Å². The number of ether oxygens (including phenoxy) is 1. The predicted octanol–water partition coefficient (Wildman–Crippen LogP) is 3.97. The fourth-order valence-corrected chi connectivity index (χ4v) is 6.65. The Bertz CT molecular complexity index is 1210. The van der Waals surface area contributed by atoms with Gasteiger partial charge in [0.05, 0.1) is 5.75 Å². The van der Waals surface area contributed by atoms with E-state index in [1.807, 2.05) is 0 Å². The maximum absolute atomic E-state index is 13.0. The minimum absolute atomic E-state index is 0.0103.